The second-order valence-electron chi connectivity index (χ2n) is 8.30. The third kappa shape index (κ3) is 5.88. The number of anilines is 1. The summed E-state index contributed by atoms with van der Waals surface area (Å²) in [5.41, 5.74) is 7.90. The third-order valence-electron chi connectivity index (χ3n) is 6.06. The number of piperazine rings is 1. The summed E-state index contributed by atoms with van der Waals surface area (Å²) < 4.78 is 5.50. The van der Waals surface area contributed by atoms with Crippen LogP contribution in [0.5, 0.6) is 5.75 Å². The Morgan fingerprint density at radius 2 is 1.94 bits per heavy atom. The summed E-state index contributed by atoms with van der Waals surface area (Å²) in [6, 6.07) is 13.7. The lowest BCUT2D eigenvalue weighted by Crippen LogP contribution is -2.50. The number of nitrogens with one attached hydrogen (secondary N) is 1. The number of halogens is 2. The Hall–Kier alpha value is -2.65. The number of benzene rings is 2. The molecule has 1 unspecified atom stereocenters. The smallest absolute Gasteiger partial charge is 0.266 e. The van der Waals surface area contributed by atoms with Gasteiger partial charge in [0.1, 0.15) is 18.1 Å². The predicted octanol–water partition coefficient (Wildman–Crippen LogP) is 2.42. The van der Waals surface area contributed by atoms with Crippen LogP contribution in [0.15, 0.2) is 54.4 Å². The molecule has 0 radical (unpaired) electrons. The van der Waals surface area contributed by atoms with Crippen molar-refractivity contribution in [1.82, 2.24) is 15.1 Å². The van der Waals surface area contributed by atoms with Crippen LogP contribution in [0.25, 0.3) is 0 Å². The zero-order valence-corrected chi connectivity index (χ0v) is 20.3. The van der Waals surface area contributed by atoms with E-state index in [-0.39, 0.29) is 19.3 Å². The fourth-order valence-electron chi connectivity index (χ4n) is 4.30. The number of hydrogen-bond donors (Lipinski definition) is 3. The minimum atomic E-state index is -0.441. The van der Waals surface area contributed by atoms with E-state index < -0.39 is 5.91 Å². The van der Waals surface area contributed by atoms with Gasteiger partial charge < -0.3 is 30.7 Å². The third-order valence-corrected chi connectivity index (χ3v) is 6.62. The molecule has 2 aromatic carbocycles. The van der Waals surface area contributed by atoms with E-state index in [1.165, 1.54) is 0 Å². The number of amides is 1. The quantitative estimate of drug-likeness (QED) is 0.481. The zero-order valence-electron chi connectivity index (χ0n) is 18.8. The molecule has 8 nitrogen and oxygen atoms in total. The SMILES string of the molecule is NC(=O)C1=CN(CCN2CCN(c3ccc(OCCO)cc3Cl)C(c3ccc(Cl)cc3)C2)CN1. The monoisotopic (exact) mass is 505 g/mol. The highest BCUT2D eigenvalue weighted by atomic mass is 35.5. The number of carbonyl (C=O) groups is 1. The zero-order chi connectivity index (χ0) is 24.1. The molecule has 10 heteroatoms. The van der Waals surface area contributed by atoms with Crippen molar-refractivity contribution >= 4 is 34.8 Å². The first kappa shape index (κ1) is 24.5. The number of aliphatic hydroxyl groups excluding tert-OH is 1. The van der Waals surface area contributed by atoms with Crippen LogP contribution >= 0.6 is 23.2 Å². The van der Waals surface area contributed by atoms with Crippen LogP contribution in [0.3, 0.4) is 0 Å². The molecule has 2 aromatic rings. The molecule has 0 aromatic heterocycles. The molecule has 2 aliphatic heterocycles. The van der Waals surface area contributed by atoms with Crippen molar-refractivity contribution < 1.29 is 14.6 Å². The molecule has 2 heterocycles. The van der Waals surface area contributed by atoms with Crippen molar-refractivity contribution in [3.05, 3.63) is 70.0 Å². The highest BCUT2D eigenvalue weighted by Crippen LogP contribution is 2.37. The molecule has 1 atom stereocenters. The van der Waals surface area contributed by atoms with Crippen molar-refractivity contribution in [2.75, 3.05) is 57.5 Å². The van der Waals surface area contributed by atoms with E-state index in [9.17, 15) is 4.79 Å². The van der Waals surface area contributed by atoms with E-state index in [1.807, 2.05) is 24.3 Å². The highest BCUT2D eigenvalue weighted by Gasteiger charge is 2.30. The number of nitrogens with zero attached hydrogens (tertiary/aromatic N) is 3. The summed E-state index contributed by atoms with van der Waals surface area (Å²) in [6.07, 6.45) is 1.79. The van der Waals surface area contributed by atoms with Crippen LogP contribution in [0.1, 0.15) is 11.6 Å². The lowest BCUT2D eigenvalue weighted by Gasteiger charge is -2.43. The Morgan fingerprint density at radius 3 is 2.62 bits per heavy atom. The van der Waals surface area contributed by atoms with Crippen molar-refractivity contribution in [1.29, 1.82) is 0 Å². The molecule has 2 aliphatic rings. The normalized spacial score (nSPS) is 18.6. The molecule has 0 aliphatic carbocycles. The van der Waals surface area contributed by atoms with Gasteiger partial charge in [-0.2, -0.15) is 0 Å². The molecule has 4 N–H and O–H groups in total. The molecule has 182 valence electrons. The largest absolute Gasteiger partial charge is 0.491 e. The topological polar surface area (TPSA) is 94.3 Å². The van der Waals surface area contributed by atoms with Gasteiger partial charge in [0.25, 0.3) is 5.91 Å². The van der Waals surface area contributed by atoms with E-state index in [2.05, 4.69) is 32.1 Å². The van der Waals surface area contributed by atoms with Crippen LogP contribution in [-0.2, 0) is 4.79 Å². The molecule has 34 heavy (non-hydrogen) atoms. The molecule has 0 saturated carbocycles. The molecule has 1 amide bonds. The summed E-state index contributed by atoms with van der Waals surface area (Å²) in [5, 5.41) is 13.3. The Morgan fingerprint density at radius 1 is 1.15 bits per heavy atom. The average molecular weight is 506 g/mol. The van der Waals surface area contributed by atoms with Gasteiger partial charge in [-0.1, -0.05) is 35.3 Å². The minimum Gasteiger partial charge on any atom is -0.491 e. The predicted molar refractivity (Wildman–Crippen MR) is 134 cm³/mol. The Bertz CT molecular complexity index is 1030. The average Bonchev–Trinajstić information content (AvgIpc) is 3.32. The molecule has 1 fully saturated rings. The fourth-order valence-corrected chi connectivity index (χ4v) is 4.70. The minimum absolute atomic E-state index is 0.0485. The van der Waals surface area contributed by atoms with Crippen LogP contribution in [0.2, 0.25) is 10.0 Å². The summed E-state index contributed by atoms with van der Waals surface area (Å²) in [4.78, 5) is 18.2. The first-order valence-corrected chi connectivity index (χ1v) is 12.0. The van der Waals surface area contributed by atoms with E-state index in [0.29, 0.717) is 28.2 Å². The molecule has 0 spiro atoms. The van der Waals surface area contributed by atoms with Gasteiger partial charge >= 0.3 is 0 Å². The Balaban J connectivity index is 1.49. The van der Waals surface area contributed by atoms with E-state index in [1.54, 1.807) is 12.3 Å². The maximum atomic E-state index is 11.4. The van der Waals surface area contributed by atoms with Gasteiger partial charge in [0.05, 0.1) is 30.0 Å². The standard InChI is InChI=1S/C24H29Cl2N5O3/c25-18-3-1-17(2-4-18)23-15-29(7-8-30-14-21(24(27)33)28-16-30)9-10-31(23)22-6-5-19(13-20(22)26)34-12-11-32/h1-6,13-14,23,28,32H,7-12,15-16H2,(H2,27,33). The summed E-state index contributed by atoms with van der Waals surface area (Å²) >= 11 is 12.8. The molecule has 0 bridgehead atoms. The second kappa shape index (κ2) is 11.2. The van der Waals surface area contributed by atoms with E-state index in [4.69, 9.17) is 38.8 Å². The molecular formula is C24H29Cl2N5O3. The van der Waals surface area contributed by atoms with Gasteiger partial charge in [-0.25, -0.2) is 0 Å². The maximum Gasteiger partial charge on any atom is 0.266 e. The number of hydrogen-bond acceptors (Lipinski definition) is 7. The van der Waals surface area contributed by atoms with Crippen LogP contribution in [0.4, 0.5) is 5.69 Å². The number of carbonyl (C=O) groups excluding carboxylic acids is 1. The van der Waals surface area contributed by atoms with Gasteiger partial charge in [0.2, 0.25) is 0 Å². The van der Waals surface area contributed by atoms with E-state index in [0.717, 1.165) is 44.0 Å². The molecular weight excluding hydrogens is 477 g/mol. The van der Waals surface area contributed by atoms with Crippen LogP contribution < -0.4 is 20.7 Å². The van der Waals surface area contributed by atoms with Crippen molar-refractivity contribution in [3.8, 4) is 5.75 Å². The van der Waals surface area contributed by atoms with Gasteiger partial charge in [-0.05, 0) is 29.8 Å². The van der Waals surface area contributed by atoms with Crippen molar-refractivity contribution in [2.45, 2.75) is 6.04 Å². The lowest BCUT2D eigenvalue weighted by molar-refractivity contribution is -0.114. The first-order valence-electron chi connectivity index (χ1n) is 11.2. The van der Waals surface area contributed by atoms with Crippen molar-refractivity contribution in [3.63, 3.8) is 0 Å². The van der Waals surface area contributed by atoms with Gasteiger partial charge in [0.15, 0.2) is 0 Å². The maximum absolute atomic E-state index is 11.4. The number of ether oxygens (including phenoxy) is 1. The second-order valence-corrected chi connectivity index (χ2v) is 9.14. The Kier molecular flexibility index (Phi) is 8.05. The number of rotatable bonds is 9. The van der Waals surface area contributed by atoms with E-state index >= 15 is 0 Å². The number of nitrogens with two attached hydrogens (primary N) is 1. The van der Waals surface area contributed by atoms with Gasteiger partial charge in [-0.15, -0.1) is 0 Å². The van der Waals surface area contributed by atoms with Crippen LogP contribution in [-0.4, -0.2) is 73.4 Å². The van der Waals surface area contributed by atoms with Gasteiger partial charge in [-0.3, -0.25) is 9.69 Å². The number of aliphatic hydroxyl groups is 1. The molecule has 1 saturated heterocycles. The summed E-state index contributed by atoms with van der Waals surface area (Å²) in [6.45, 7) is 4.88. The Labute approximate surface area is 209 Å². The highest BCUT2D eigenvalue weighted by molar-refractivity contribution is 6.33. The first-order chi connectivity index (χ1) is 16.4. The lowest BCUT2D eigenvalue weighted by atomic mass is 10.0. The van der Waals surface area contributed by atoms with Crippen LogP contribution in [0, 0.1) is 0 Å². The van der Waals surface area contributed by atoms with Crippen molar-refractivity contribution in [2.24, 2.45) is 5.73 Å². The summed E-state index contributed by atoms with van der Waals surface area (Å²) in [5.74, 6) is 0.190. The number of primary amides is 1. The fraction of sp³-hybridized carbons (Fsp3) is 0.375. The summed E-state index contributed by atoms with van der Waals surface area (Å²) in [7, 11) is 0. The molecule has 4 rings (SSSR count). The van der Waals surface area contributed by atoms with Gasteiger partial charge in [0, 0.05) is 50.0 Å².